The predicted octanol–water partition coefficient (Wildman–Crippen LogP) is 6.77. The van der Waals surface area contributed by atoms with Crippen molar-refractivity contribution in [1.82, 2.24) is 0 Å². The number of ketones is 1. The molecule has 0 amide bonds. The van der Waals surface area contributed by atoms with Crippen LogP contribution in [-0.4, -0.2) is 58.3 Å². The van der Waals surface area contributed by atoms with Gasteiger partial charge in [0, 0.05) is 28.7 Å². The molecule has 3 fully saturated rings. The molecule has 2 unspecified atom stereocenters. The molecule has 12 heteroatoms. The standard InChI is InChI=1S/C35H34ClF3O8/c1-18-12-23-24-15-27(38)25-13-20(40)10-11-32(25,2)34(24,39)29(42)16-33(23,3)35(18,31(44)45-17-37)47-30(43)19-4-6-21(7-5-19)46-22-8-9-28(41)26(36)14-22/h4-11,13-14,18,23-24,27,29,41-42H,12,15-17H2,1-3H3/t18-,23+,24+,27+,29+,32+,33+,34?,35?/m1/s1. The molecule has 0 saturated heterocycles. The van der Waals surface area contributed by atoms with E-state index in [1.165, 1.54) is 61.5 Å². The molecule has 0 bridgehead atoms. The molecular weight excluding hydrogens is 641 g/mol. The summed E-state index contributed by atoms with van der Waals surface area (Å²) in [6, 6.07) is 9.95. The minimum absolute atomic E-state index is 0.00440. The van der Waals surface area contributed by atoms with E-state index in [2.05, 4.69) is 0 Å². The Morgan fingerprint density at radius 2 is 1.74 bits per heavy atom. The highest BCUT2D eigenvalue weighted by Crippen LogP contribution is 2.71. The van der Waals surface area contributed by atoms with E-state index < -0.39 is 83.1 Å². The van der Waals surface area contributed by atoms with E-state index >= 15 is 8.78 Å². The number of ether oxygens (including phenoxy) is 3. The fourth-order valence-corrected chi connectivity index (χ4v) is 9.10. The van der Waals surface area contributed by atoms with Crippen LogP contribution >= 0.6 is 11.6 Å². The van der Waals surface area contributed by atoms with Crippen LogP contribution in [0.3, 0.4) is 0 Å². The number of fused-ring (bicyclic) bond motifs is 5. The van der Waals surface area contributed by atoms with Crippen molar-refractivity contribution >= 4 is 29.3 Å². The number of aliphatic hydroxyl groups is 1. The molecule has 3 saturated carbocycles. The summed E-state index contributed by atoms with van der Waals surface area (Å²) < 4.78 is 63.6. The molecule has 2 N–H and O–H groups in total. The summed E-state index contributed by atoms with van der Waals surface area (Å²) in [6.07, 6.45) is -0.617. The number of halogens is 4. The first-order valence-corrected chi connectivity index (χ1v) is 15.7. The third-order valence-corrected chi connectivity index (χ3v) is 11.5. The number of benzene rings is 2. The maximum Gasteiger partial charge on any atom is 0.353 e. The van der Waals surface area contributed by atoms with Crippen molar-refractivity contribution < 1.29 is 52.0 Å². The lowest BCUT2D eigenvalue weighted by Gasteiger charge is -2.63. The Morgan fingerprint density at radius 1 is 1.06 bits per heavy atom. The zero-order valence-corrected chi connectivity index (χ0v) is 26.6. The number of aromatic hydroxyl groups is 1. The van der Waals surface area contributed by atoms with Gasteiger partial charge in [0.2, 0.25) is 12.5 Å². The summed E-state index contributed by atoms with van der Waals surface area (Å²) in [4.78, 5) is 39.6. The van der Waals surface area contributed by atoms with E-state index in [0.717, 1.165) is 6.08 Å². The summed E-state index contributed by atoms with van der Waals surface area (Å²) in [7, 11) is 0. The van der Waals surface area contributed by atoms with E-state index in [-0.39, 0.29) is 34.8 Å². The topological polar surface area (TPSA) is 119 Å². The molecule has 0 aromatic heterocycles. The lowest BCUT2D eigenvalue weighted by atomic mass is 9.44. The number of alkyl halides is 3. The van der Waals surface area contributed by atoms with Crippen molar-refractivity contribution in [2.75, 3.05) is 6.86 Å². The van der Waals surface area contributed by atoms with Crippen molar-refractivity contribution in [3.63, 3.8) is 0 Å². The number of hydrogen-bond acceptors (Lipinski definition) is 8. The van der Waals surface area contributed by atoms with Gasteiger partial charge in [0.1, 0.15) is 23.4 Å². The smallest absolute Gasteiger partial charge is 0.353 e. The molecule has 0 aliphatic heterocycles. The predicted molar refractivity (Wildman–Crippen MR) is 163 cm³/mol. The molecule has 2 aromatic rings. The van der Waals surface area contributed by atoms with Gasteiger partial charge in [0.25, 0.3) is 0 Å². The fourth-order valence-electron chi connectivity index (χ4n) is 8.93. The van der Waals surface area contributed by atoms with Gasteiger partial charge < -0.3 is 24.4 Å². The van der Waals surface area contributed by atoms with Gasteiger partial charge in [-0.3, -0.25) is 4.79 Å². The van der Waals surface area contributed by atoms with Crippen LogP contribution in [0.25, 0.3) is 0 Å². The van der Waals surface area contributed by atoms with E-state index in [1.807, 2.05) is 0 Å². The molecule has 6 rings (SSSR count). The summed E-state index contributed by atoms with van der Waals surface area (Å²) in [5, 5.41) is 21.4. The van der Waals surface area contributed by atoms with Crippen molar-refractivity contribution in [3.05, 3.63) is 76.9 Å². The fraction of sp³-hybridized carbons (Fsp3) is 0.457. The van der Waals surface area contributed by atoms with Crippen LogP contribution < -0.4 is 4.74 Å². The molecule has 47 heavy (non-hydrogen) atoms. The van der Waals surface area contributed by atoms with Crippen molar-refractivity contribution in [2.24, 2.45) is 28.6 Å². The maximum atomic E-state index is 17.6. The highest BCUT2D eigenvalue weighted by molar-refractivity contribution is 6.32. The zero-order chi connectivity index (χ0) is 34.1. The SMILES string of the molecule is C[C@@H]1C[C@H]2[C@@H]3C[C@H](F)C4=CC(=O)C=C[C@]4(C)C3(F)[C@@H](O)C[C@]2(C)C1(OC(=O)c1ccc(Oc2ccc(O)c(Cl)c2)cc1)C(=O)OCF. The molecule has 0 radical (unpaired) electrons. The van der Waals surface area contributed by atoms with E-state index in [4.69, 9.17) is 25.8 Å². The molecule has 4 aliphatic carbocycles. The third-order valence-electron chi connectivity index (χ3n) is 11.2. The van der Waals surface area contributed by atoms with E-state index in [1.54, 1.807) is 13.8 Å². The van der Waals surface area contributed by atoms with Crippen molar-refractivity contribution in [2.45, 2.75) is 63.6 Å². The van der Waals surface area contributed by atoms with Crippen LogP contribution in [0.4, 0.5) is 13.2 Å². The third kappa shape index (κ3) is 4.71. The number of rotatable bonds is 6. The number of carbonyl (C=O) groups excluding carboxylic acids is 3. The number of carbonyl (C=O) groups is 3. The van der Waals surface area contributed by atoms with Crippen LogP contribution in [0.2, 0.25) is 5.02 Å². The first-order chi connectivity index (χ1) is 22.1. The molecule has 250 valence electrons. The van der Waals surface area contributed by atoms with Gasteiger partial charge in [-0.15, -0.1) is 0 Å². The Labute approximate surface area is 274 Å². The number of aliphatic hydroxyl groups excluding tert-OH is 1. The van der Waals surface area contributed by atoms with Gasteiger partial charge in [0.05, 0.1) is 16.7 Å². The Hall–Kier alpha value is -3.83. The van der Waals surface area contributed by atoms with Crippen LogP contribution in [-0.2, 0) is 19.1 Å². The van der Waals surface area contributed by atoms with Gasteiger partial charge >= 0.3 is 11.9 Å². The highest BCUT2D eigenvalue weighted by Gasteiger charge is 2.78. The second-order valence-electron chi connectivity index (χ2n) is 13.4. The Morgan fingerprint density at radius 3 is 2.40 bits per heavy atom. The number of hydrogen-bond donors (Lipinski definition) is 2. The number of allylic oxidation sites excluding steroid dienone is 4. The van der Waals surface area contributed by atoms with Gasteiger partial charge in [-0.25, -0.2) is 22.8 Å². The maximum absolute atomic E-state index is 17.6. The first kappa shape index (κ1) is 33.1. The van der Waals surface area contributed by atoms with Crippen molar-refractivity contribution in [1.29, 1.82) is 0 Å². The molecule has 0 heterocycles. The van der Waals surface area contributed by atoms with Gasteiger partial charge in [-0.2, -0.15) is 0 Å². The first-order valence-electron chi connectivity index (χ1n) is 15.3. The zero-order valence-electron chi connectivity index (χ0n) is 25.8. The molecular formula is C35H34ClF3O8. The van der Waals surface area contributed by atoms with E-state index in [9.17, 15) is 29.0 Å². The van der Waals surface area contributed by atoms with Gasteiger partial charge in [-0.1, -0.05) is 31.5 Å². The highest BCUT2D eigenvalue weighted by atomic mass is 35.5. The lowest BCUT2D eigenvalue weighted by molar-refractivity contribution is -0.232. The molecule has 2 aromatic carbocycles. The Kier molecular flexibility index (Phi) is 8.03. The van der Waals surface area contributed by atoms with Crippen LogP contribution in [0.1, 0.15) is 50.4 Å². The molecule has 8 nitrogen and oxygen atoms in total. The minimum Gasteiger partial charge on any atom is -0.506 e. The lowest BCUT2D eigenvalue weighted by Crippen LogP contribution is -2.71. The van der Waals surface area contributed by atoms with Crippen LogP contribution in [0, 0.1) is 28.6 Å². The Balaban J connectivity index is 1.34. The van der Waals surface area contributed by atoms with Gasteiger partial charge in [-0.05, 0) is 86.2 Å². The summed E-state index contributed by atoms with van der Waals surface area (Å²) >= 11 is 5.94. The normalized spacial score (nSPS) is 37.2. The quantitative estimate of drug-likeness (QED) is 0.323. The van der Waals surface area contributed by atoms with Gasteiger partial charge in [0.15, 0.2) is 11.5 Å². The average molecular weight is 675 g/mol. The molecule has 9 atom stereocenters. The minimum atomic E-state index is -2.43. The monoisotopic (exact) mass is 674 g/mol. The second-order valence-corrected chi connectivity index (χ2v) is 13.8. The summed E-state index contributed by atoms with van der Waals surface area (Å²) in [6.45, 7) is 3.11. The number of phenols is 1. The largest absolute Gasteiger partial charge is 0.506 e. The number of esters is 2. The van der Waals surface area contributed by atoms with Crippen LogP contribution in [0.15, 0.2) is 66.3 Å². The summed E-state index contributed by atoms with van der Waals surface area (Å²) in [5.74, 6) is -4.92. The Bertz CT molecular complexity index is 1700. The van der Waals surface area contributed by atoms with Crippen molar-refractivity contribution in [3.8, 4) is 17.2 Å². The second kappa shape index (κ2) is 11.4. The molecule has 0 spiro atoms. The van der Waals surface area contributed by atoms with Crippen LogP contribution in [0.5, 0.6) is 17.2 Å². The average Bonchev–Trinajstić information content (AvgIpc) is 3.24. The van der Waals surface area contributed by atoms with E-state index in [0.29, 0.717) is 11.5 Å². The molecule has 4 aliphatic rings. The number of phenolic OH excluding ortho intramolecular Hbond substituents is 1. The summed E-state index contributed by atoms with van der Waals surface area (Å²) in [5.41, 5.74) is -7.78.